The van der Waals surface area contributed by atoms with Crippen LogP contribution in [-0.4, -0.2) is 38.6 Å². The van der Waals surface area contributed by atoms with Crippen LogP contribution in [0.5, 0.6) is 11.5 Å². The van der Waals surface area contributed by atoms with Crippen molar-refractivity contribution in [1.29, 1.82) is 0 Å². The quantitative estimate of drug-likeness (QED) is 0.820. The molecule has 0 aliphatic carbocycles. The second kappa shape index (κ2) is 6.45. The first-order chi connectivity index (χ1) is 8.92. The Kier molecular flexibility index (Phi) is 5.21. The second-order valence-electron chi connectivity index (χ2n) is 4.71. The van der Waals surface area contributed by atoms with E-state index in [1.165, 1.54) is 0 Å². The third kappa shape index (κ3) is 3.40. The number of amides is 1. The van der Waals surface area contributed by atoms with Crippen molar-refractivity contribution in [2.75, 3.05) is 27.8 Å². The fraction of sp³-hybridized carbons (Fsp3) is 0.533. The molecule has 1 amide bonds. The number of hydrogen-bond donors (Lipinski definition) is 0. The van der Waals surface area contributed by atoms with Crippen LogP contribution in [0, 0.1) is 13.8 Å². The molecule has 0 N–H and O–H groups in total. The summed E-state index contributed by atoms with van der Waals surface area (Å²) >= 11 is 0. The molecule has 0 fully saturated rings. The van der Waals surface area contributed by atoms with E-state index in [-0.39, 0.29) is 5.91 Å². The molecule has 0 unspecified atom stereocenters. The van der Waals surface area contributed by atoms with Gasteiger partial charge in [0.2, 0.25) is 5.91 Å². The van der Waals surface area contributed by atoms with Crippen LogP contribution in [-0.2, 0) is 11.2 Å². The Balaban J connectivity index is 3.05. The fourth-order valence-electron chi connectivity index (χ4n) is 2.06. The molecule has 0 radical (unpaired) electrons. The molecule has 19 heavy (non-hydrogen) atoms. The van der Waals surface area contributed by atoms with E-state index in [2.05, 4.69) is 0 Å². The van der Waals surface area contributed by atoms with Gasteiger partial charge in [0.1, 0.15) is 11.5 Å². The number of benzene rings is 1. The van der Waals surface area contributed by atoms with Crippen LogP contribution in [0.15, 0.2) is 6.07 Å². The van der Waals surface area contributed by atoms with E-state index in [0.717, 1.165) is 34.6 Å². The maximum absolute atomic E-state index is 11.2. The third-order valence-electron chi connectivity index (χ3n) is 3.55. The van der Waals surface area contributed by atoms with Gasteiger partial charge in [-0.1, -0.05) is 0 Å². The summed E-state index contributed by atoms with van der Waals surface area (Å²) in [6.45, 7) is 6.27. The van der Waals surface area contributed by atoms with Crippen molar-refractivity contribution in [2.45, 2.75) is 27.2 Å². The number of hydrogen-bond acceptors (Lipinski definition) is 3. The predicted octanol–water partition coefficient (Wildman–Crippen LogP) is 2.34. The molecule has 0 saturated heterocycles. The van der Waals surface area contributed by atoms with Crippen molar-refractivity contribution in [3.8, 4) is 11.5 Å². The topological polar surface area (TPSA) is 38.8 Å². The first-order valence-electron chi connectivity index (χ1n) is 6.35. The summed E-state index contributed by atoms with van der Waals surface area (Å²) in [6, 6.07) is 2.00. The molecule has 0 aromatic heterocycles. The van der Waals surface area contributed by atoms with Gasteiger partial charge < -0.3 is 14.4 Å². The minimum absolute atomic E-state index is 0.0646. The van der Waals surface area contributed by atoms with Crippen LogP contribution >= 0.6 is 0 Å². The minimum Gasteiger partial charge on any atom is -0.496 e. The Morgan fingerprint density at radius 2 is 1.84 bits per heavy atom. The minimum atomic E-state index is 0.0646. The van der Waals surface area contributed by atoms with Crippen LogP contribution < -0.4 is 9.47 Å². The monoisotopic (exact) mass is 265 g/mol. The lowest BCUT2D eigenvalue weighted by Crippen LogP contribution is -2.26. The average Bonchev–Trinajstić information content (AvgIpc) is 2.39. The molecular weight excluding hydrogens is 242 g/mol. The summed E-state index contributed by atoms with van der Waals surface area (Å²) in [5.41, 5.74) is 3.24. The number of carbonyl (C=O) groups excluding carboxylic acids is 1. The van der Waals surface area contributed by atoms with Gasteiger partial charge in [-0.15, -0.1) is 0 Å². The van der Waals surface area contributed by atoms with Gasteiger partial charge >= 0.3 is 0 Å². The highest BCUT2D eigenvalue weighted by Gasteiger charge is 2.14. The van der Waals surface area contributed by atoms with Crippen molar-refractivity contribution in [2.24, 2.45) is 0 Å². The molecule has 0 aliphatic rings. The molecule has 0 heterocycles. The molecule has 1 rings (SSSR count). The highest BCUT2D eigenvalue weighted by Crippen LogP contribution is 2.33. The fourth-order valence-corrected chi connectivity index (χ4v) is 2.06. The van der Waals surface area contributed by atoms with E-state index in [1.807, 2.05) is 19.9 Å². The largest absolute Gasteiger partial charge is 0.496 e. The van der Waals surface area contributed by atoms with Crippen molar-refractivity contribution in [3.05, 3.63) is 22.8 Å². The molecule has 1 aromatic rings. The Morgan fingerprint density at radius 3 is 2.32 bits per heavy atom. The van der Waals surface area contributed by atoms with Gasteiger partial charge in [-0.2, -0.15) is 0 Å². The predicted molar refractivity (Wildman–Crippen MR) is 76.0 cm³/mol. The van der Waals surface area contributed by atoms with Crippen LogP contribution in [0.25, 0.3) is 0 Å². The maximum Gasteiger partial charge on any atom is 0.219 e. The van der Waals surface area contributed by atoms with Crippen LogP contribution in [0.1, 0.15) is 23.6 Å². The van der Waals surface area contributed by atoms with Crippen molar-refractivity contribution in [3.63, 3.8) is 0 Å². The Bertz CT molecular complexity index is 469. The molecular formula is C15H23NO3. The van der Waals surface area contributed by atoms with Gasteiger partial charge in [-0.25, -0.2) is 0 Å². The lowest BCUT2D eigenvalue weighted by atomic mass is 10.0. The van der Waals surface area contributed by atoms with Gasteiger partial charge in [-0.3, -0.25) is 4.79 Å². The standard InChI is InChI=1S/C15H23NO3/c1-10-11(2)15(19-6)13(9-14(10)18-5)7-8-16(4)12(3)17/h9H,7-8H2,1-6H3. The zero-order valence-electron chi connectivity index (χ0n) is 12.7. The summed E-state index contributed by atoms with van der Waals surface area (Å²) in [5, 5.41) is 0. The number of nitrogens with zero attached hydrogens (tertiary/aromatic N) is 1. The number of ether oxygens (including phenoxy) is 2. The highest BCUT2D eigenvalue weighted by molar-refractivity contribution is 5.72. The van der Waals surface area contributed by atoms with Crippen molar-refractivity contribution >= 4 is 5.91 Å². The summed E-state index contributed by atoms with van der Waals surface area (Å²) < 4.78 is 10.9. The summed E-state index contributed by atoms with van der Waals surface area (Å²) in [5.74, 6) is 1.81. The van der Waals surface area contributed by atoms with E-state index in [4.69, 9.17) is 9.47 Å². The molecule has 1 aromatic carbocycles. The number of likely N-dealkylation sites (N-methyl/N-ethyl adjacent to an activating group) is 1. The van der Waals surface area contributed by atoms with Gasteiger partial charge in [-0.05, 0) is 43.0 Å². The summed E-state index contributed by atoms with van der Waals surface area (Å²) in [7, 11) is 5.14. The second-order valence-corrected chi connectivity index (χ2v) is 4.71. The number of methoxy groups -OCH3 is 2. The molecule has 0 spiro atoms. The third-order valence-corrected chi connectivity index (χ3v) is 3.55. The summed E-state index contributed by atoms with van der Waals surface area (Å²) in [4.78, 5) is 12.9. The first kappa shape index (κ1) is 15.3. The van der Waals surface area contributed by atoms with Gasteiger partial charge in [0.25, 0.3) is 0 Å². The number of carbonyl (C=O) groups is 1. The van der Waals surface area contributed by atoms with Gasteiger partial charge in [0.05, 0.1) is 14.2 Å². The molecule has 4 nitrogen and oxygen atoms in total. The average molecular weight is 265 g/mol. The van der Waals surface area contributed by atoms with E-state index in [1.54, 1.807) is 33.1 Å². The van der Waals surface area contributed by atoms with Gasteiger partial charge in [0.15, 0.2) is 0 Å². The Hall–Kier alpha value is -1.71. The summed E-state index contributed by atoms with van der Waals surface area (Å²) in [6.07, 6.45) is 0.747. The molecule has 4 heteroatoms. The van der Waals surface area contributed by atoms with E-state index >= 15 is 0 Å². The van der Waals surface area contributed by atoms with Gasteiger partial charge in [0, 0.05) is 20.5 Å². The highest BCUT2D eigenvalue weighted by atomic mass is 16.5. The van der Waals surface area contributed by atoms with E-state index in [0.29, 0.717) is 6.54 Å². The zero-order chi connectivity index (χ0) is 14.6. The maximum atomic E-state index is 11.2. The lowest BCUT2D eigenvalue weighted by Gasteiger charge is -2.19. The smallest absolute Gasteiger partial charge is 0.219 e. The molecule has 0 atom stereocenters. The lowest BCUT2D eigenvalue weighted by molar-refractivity contribution is -0.127. The SMILES string of the molecule is COc1cc(CCN(C)C(C)=O)c(OC)c(C)c1C. The van der Waals surface area contributed by atoms with Crippen LogP contribution in [0.4, 0.5) is 0 Å². The zero-order valence-corrected chi connectivity index (χ0v) is 12.7. The molecule has 106 valence electrons. The number of rotatable bonds is 5. The Labute approximate surface area is 115 Å². The van der Waals surface area contributed by atoms with Crippen LogP contribution in [0.3, 0.4) is 0 Å². The molecule has 0 aliphatic heterocycles. The van der Waals surface area contributed by atoms with E-state index < -0.39 is 0 Å². The first-order valence-corrected chi connectivity index (χ1v) is 6.35. The van der Waals surface area contributed by atoms with Crippen molar-refractivity contribution in [1.82, 2.24) is 4.90 Å². The Morgan fingerprint density at radius 1 is 1.21 bits per heavy atom. The van der Waals surface area contributed by atoms with Crippen LogP contribution in [0.2, 0.25) is 0 Å². The molecule has 0 saturated carbocycles. The van der Waals surface area contributed by atoms with E-state index in [9.17, 15) is 4.79 Å². The van der Waals surface area contributed by atoms with Crippen molar-refractivity contribution < 1.29 is 14.3 Å². The molecule has 0 bridgehead atoms. The normalized spacial score (nSPS) is 10.2.